The average molecular weight is 270 g/mol. The Morgan fingerprint density at radius 1 is 1.37 bits per heavy atom. The molecule has 1 amide bonds. The SMILES string of the molecule is CC1CCC(CO)(NCC(=O)N2CCOCC2)CC1. The first-order valence-electron chi connectivity index (χ1n) is 7.37. The van der Waals surface area contributed by atoms with Gasteiger partial charge in [0.25, 0.3) is 0 Å². The predicted molar refractivity (Wildman–Crippen MR) is 72.9 cm³/mol. The third-order valence-corrected chi connectivity index (χ3v) is 4.51. The van der Waals surface area contributed by atoms with E-state index in [0.29, 0.717) is 32.8 Å². The van der Waals surface area contributed by atoms with Gasteiger partial charge in [0.05, 0.1) is 26.4 Å². The number of morpholine rings is 1. The van der Waals surface area contributed by atoms with Gasteiger partial charge in [0.15, 0.2) is 0 Å². The molecule has 2 rings (SSSR count). The third kappa shape index (κ3) is 3.91. The summed E-state index contributed by atoms with van der Waals surface area (Å²) >= 11 is 0. The van der Waals surface area contributed by atoms with E-state index >= 15 is 0 Å². The van der Waals surface area contributed by atoms with Crippen molar-refractivity contribution in [3.05, 3.63) is 0 Å². The highest BCUT2D eigenvalue weighted by Crippen LogP contribution is 2.31. The molecular weight excluding hydrogens is 244 g/mol. The van der Waals surface area contributed by atoms with Crippen LogP contribution in [-0.2, 0) is 9.53 Å². The Morgan fingerprint density at radius 3 is 2.58 bits per heavy atom. The Bertz CT molecular complexity index is 295. The molecule has 2 fully saturated rings. The molecule has 5 nitrogen and oxygen atoms in total. The molecule has 1 heterocycles. The number of carbonyl (C=O) groups is 1. The zero-order valence-corrected chi connectivity index (χ0v) is 11.9. The molecule has 0 radical (unpaired) electrons. The lowest BCUT2D eigenvalue weighted by atomic mass is 9.77. The molecule has 110 valence electrons. The molecule has 1 aliphatic heterocycles. The monoisotopic (exact) mass is 270 g/mol. The molecule has 2 aliphatic rings. The molecular formula is C14H26N2O3. The van der Waals surface area contributed by atoms with Crippen LogP contribution in [-0.4, -0.2) is 60.9 Å². The smallest absolute Gasteiger partial charge is 0.236 e. The summed E-state index contributed by atoms with van der Waals surface area (Å²) in [6.45, 7) is 5.33. The first-order valence-corrected chi connectivity index (χ1v) is 7.37. The maximum atomic E-state index is 12.1. The first-order chi connectivity index (χ1) is 9.15. The van der Waals surface area contributed by atoms with Crippen molar-refractivity contribution in [2.45, 2.75) is 38.1 Å². The minimum absolute atomic E-state index is 0.120. The Labute approximate surface area is 115 Å². The summed E-state index contributed by atoms with van der Waals surface area (Å²) in [6.07, 6.45) is 4.17. The third-order valence-electron chi connectivity index (χ3n) is 4.51. The van der Waals surface area contributed by atoms with Gasteiger partial charge in [-0.3, -0.25) is 4.79 Å². The predicted octanol–water partition coefficient (Wildman–Crippen LogP) is 0.376. The molecule has 0 unspecified atom stereocenters. The highest BCUT2D eigenvalue weighted by molar-refractivity contribution is 5.78. The van der Waals surface area contributed by atoms with E-state index in [9.17, 15) is 9.90 Å². The van der Waals surface area contributed by atoms with Crippen molar-refractivity contribution in [3.8, 4) is 0 Å². The number of rotatable bonds is 4. The van der Waals surface area contributed by atoms with Gasteiger partial charge in [-0.05, 0) is 31.6 Å². The summed E-state index contributed by atoms with van der Waals surface area (Å²) in [4.78, 5) is 13.9. The van der Waals surface area contributed by atoms with E-state index in [1.165, 1.54) is 0 Å². The number of hydrogen-bond acceptors (Lipinski definition) is 4. The van der Waals surface area contributed by atoms with Crippen molar-refractivity contribution in [1.82, 2.24) is 10.2 Å². The van der Waals surface area contributed by atoms with Crippen LogP contribution in [0.2, 0.25) is 0 Å². The maximum Gasteiger partial charge on any atom is 0.236 e. The van der Waals surface area contributed by atoms with E-state index in [0.717, 1.165) is 31.6 Å². The summed E-state index contributed by atoms with van der Waals surface area (Å²) in [5, 5.41) is 13.0. The van der Waals surface area contributed by atoms with Crippen molar-refractivity contribution < 1.29 is 14.6 Å². The van der Waals surface area contributed by atoms with Crippen LogP contribution in [0, 0.1) is 5.92 Å². The molecule has 1 saturated heterocycles. The molecule has 1 saturated carbocycles. The lowest BCUT2D eigenvalue weighted by molar-refractivity contribution is -0.134. The Balaban J connectivity index is 1.80. The zero-order chi connectivity index (χ0) is 13.7. The van der Waals surface area contributed by atoms with Gasteiger partial charge in [-0.15, -0.1) is 0 Å². The van der Waals surface area contributed by atoms with Crippen LogP contribution in [0.4, 0.5) is 0 Å². The minimum Gasteiger partial charge on any atom is -0.394 e. The van der Waals surface area contributed by atoms with E-state index < -0.39 is 0 Å². The summed E-state index contributed by atoms with van der Waals surface area (Å²) in [5.74, 6) is 0.853. The number of nitrogens with zero attached hydrogens (tertiary/aromatic N) is 1. The topological polar surface area (TPSA) is 61.8 Å². The van der Waals surface area contributed by atoms with Gasteiger partial charge in [-0.2, -0.15) is 0 Å². The van der Waals surface area contributed by atoms with Gasteiger partial charge in [-0.1, -0.05) is 6.92 Å². The fraction of sp³-hybridized carbons (Fsp3) is 0.929. The van der Waals surface area contributed by atoms with E-state index in [1.54, 1.807) is 0 Å². The van der Waals surface area contributed by atoms with Gasteiger partial charge in [0.1, 0.15) is 0 Å². The van der Waals surface area contributed by atoms with E-state index in [-0.39, 0.29) is 18.1 Å². The molecule has 0 bridgehead atoms. The van der Waals surface area contributed by atoms with Gasteiger partial charge in [-0.25, -0.2) is 0 Å². The van der Waals surface area contributed by atoms with Crippen molar-refractivity contribution in [1.29, 1.82) is 0 Å². The quantitative estimate of drug-likeness (QED) is 0.775. The number of aliphatic hydroxyl groups is 1. The zero-order valence-electron chi connectivity index (χ0n) is 11.9. The summed E-state index contributed by atoms with van der Waals surface area (Å²) in [6, 6.07) is 0. The lowest BCUT2D eigenvalue weighted by Crippen LogP contribution is -2.55. The van der Waals surface area contributed by atoms with Crippen LogP contribution in [0.25, 0.3) is 0 Å². The van der Waals surface area contributed by atoms with Crippen LogP contribution >= 0.6 is 0 Å². The van der Waals surface area contributed by atoms with Crippen LogP contribution in [0.1, 0.15) is 32.6 Å². The highest BCUT2D eigenvalue weighted by Gasteiger charge is 2.34. The number of carbonyl (C=O) groups excluding carboxylic acids is 1. The summed E-state index contributed by atoms with van der Waals surface area (Å²) < 4.78 is 5.24. The largest absolute Gasteiger partial charge is 0.394 e. The maximum absolute atomic E-state index is 12.1. The number of nitrogens with one attached hydrogen (secondary N) is 1. The van der Waals surface area contributed by atoms with Crippen LogP contribution in [0.3, 0.4) is 0 Å². The van der Waals surface area contributed by atoms with Crippen LogP contribution in [0.5, 0.6) is 0 Å². The second kappa shape index (κ2) is 6.68. The van der Waals surface area contributed by atoms with Crippen LogP contribution < -0.4 is 5.32 Å². The van der Waals surface area contributed by atoms with Gasteiger partial charge in [0, 0.05) is 18.6 Å². The Morgan fingerprint density at radius 2 is 2.00 bits per heavy atom. The fourth-order valence-corrected chi connectivity index (χ4v) is 2.89. The van der Waals surface area contributed by atoms with Gasteiger partial charge >= 0.3 is 0 Å². The second-order valence-corrected chi connectivity index (χ2v) is 5.97. The van der Waals surface area contributed by atoms with E-state index in [1.807, 2.05) is 4.90 Å². The molecule has 2 N–H and O–H groups in total. The molecule has 0 spiro atoms. The summed E-state index contributed by atoms with van der Waals surface area (Å²) in [5.41, 5.74) is -0.242. The van der Waals surface area contributed by atoms with Crippen molar-refractivity contribution in [2.24, 2.45) is 5.92 Å². The first kappa shape index (κ1) is 14.8. The molecule has 0 aromatic rings. The molecule has 1 aliphatic carbocycles. The van der Waals surface area contributed by atoms with Crippen LogP contribution in [0.15, 0.2) is 0 Å². The van der Waals surface area contributed by atoms with Crippen molar-refractivity contribution in [3.63, 3.8) is 0 Å². The number of amides is 1. The van der Waals surface area contributed by atoms with Crippen molar-refractivity contribution >= 4 is 5.91 Å². The molecule has 19 heavy (non-hydrogen) atoms. The van der Waals surface area contributed by atoms with E-state index in [2.05, 4.69) is 12.2 Å². The standard InChI is InChI=1S/C14H26N2O3/c1-12-2-4-14(11-17,5-3-12)15-10-13(18)16-6-8-19-9-7-16/h12,15,17H,2-11H2,1H3. The number of ether oxygens (including phenoxy) is 1. The van der Waals surface area contributed by atoms with Crippen molar-refractivity contribution in [2.75, 3.05) is 39.5 Å². The summed E-state index contributed by atoms with van der Waals surface area (Å²) in [7, 11) is 0. The average Bonchev–Trinajstić information content (AvgIpc) is 2.48. The van der Waals surface area contributed by atoms with Gasteiger partial charge < -0.3 is 20.1 Å². The molecule has 0 aromatic heterocycles. The fourth-order valence-electron chi connectivity index (χ4n) is 2.89. The Kier molecular flexibility index (Phi) is 5.19. The Hall–Kier alpha value is -0.650. The number of hydrogen-bond donors (Lipinski definition) is 2. The minimum atomic E-state index is -0.242. The lowest BCUT2D eigenvalue weighted by Gasteiger charge is -2.39. The molecule has 0 atom stereocenters. The van der Waals surface area contributed by atoms with Gasteiger partial charge in [0.2, 0.25) is 5.91 Å². The number of aliphatic hydroxyl groups excluding tert-OH is 1. The highest BCUT2D eigenvalue weighted by atomic mass is 16.5. The molecule has 5 heteroatoms. The second-order valence-electron chi connectivity index (χ2n) is 5.97. The molecule has 0 aromatic carbocycles. The van der Waals surface area contributed by atoms with E-state index in [4.69, 9.17) is 4.74 Å². The normalized spacial score (nSPS) is 32.3.